The lowest BCUT2D eigenvalue weighted by atomic mass is 9.95. The summed E-state index contributed by atoms with van der Waals surface area (Å²) in [7, 11) is 0. The molecule has 1 fully saturated rings. The molecule has 0 amide bonds. The average Bonchev–Trinajstić information content (AvgIpc) is 2.39. The standard InChI is InChI=1S/C14H20ClNS/c1-17-14-8-6-13(7-9-14)16-10-11-2-4-12(15)5-3-11/h2-5,13-14,16H,6-10H2,1H3. The summed E-state index contributed by atoms with van der Waals surface area (Å²) < 4.78 is 0. The Kier molecular flexibility index (Phi) is 5.20. The topological polar surface area (TPSA) is 12.0 Å². The van der Waals surface area contributed by atoms with Crippen LogP contribution in [0.15, 0.2) is 24.3 Å². The van der Waals surface area contributed by atoms with Gasteiger partial charge in [-0.25, -0.2) is 0 Å². The average molecular weight is 270 g/mol. The molecule has 0 atom stereocenters. The molecule has 1 aromatic carbocycles. The van der Waals surface area contributed by atoms with Crippen LogP contribution in [0.4, 0.5) is 0 Å². The molecule has 0 heterocycles. The van der Waals surface area contributed by atoms with Crippen molar-refractivity contribution in [3.05, 3.63) is 34.9 Å². The lowest BCUT2D eigenvalue weighted by Gasteiger charge is -2.28. The Morgan fingerprint density at radius 2 is 1.82 bits per heavy atom. The second-order valence-corrected chi connectivity index (χ2v) is 6.29. The molecule has 0 saturated heterocycles. The molecular weight excluding hydrogens is 250 g/mol. The van der Waals surface area contributed by atoms with Crippen LogP contribution in [0, 0.1) is 0 Å². The number of benzene rings is 1. The molecule has 17 heavy (non-hydrogen) atoms. The van der Waals surface area contributed by atoms with E-state index in [-0.39, 0.29) is 0 Å². The molecule has 2 rings (SSSR count). The van der Waals surface area contributed by atoms with Crippen LogP contribution in [0.25, 0.3) is 0 Å². The second kappa shape index (κ2) is 6.67. The molecule has 0 spiro atoms. The van der Waals surface area contributed by atoms with Crippen LogP contribution in [0.5, 0.6) is 0 Å². The van der Waals surface area contributed by atoms with Crippen LogP contribution in [-0.4, -0.2) is 17.5 Å². The van der Waals surface area contributed by atoms with Crippen molar-refractivity contribution in [3.63, 3.8) is 0 Å². The van der Waals surface area contributed by atoms with Gasteiger partial charge in [-0.3, -0.25) is 0 Å². The number of thioether (sulfide) groups is 1. The van der Waals surface area contributed by atoms with E-state index in [2.05, 4.69) is 23.7 Å². The molecule has 1 aliphatic carbocycles. The molecule has 1 aromatic rings. The normalized spacial score (nSPS) is 24.8. The maximum absolute atomic E-state index is 5.87. The highest BCUT2D eigenvalue weighted by Crippen LogP contribution is 2.26. The highest BCUT2D eigenvalue weighted by molar-refractivity contribution is 7.99. The van der Waals surface area contributed by atoms with E-state index in [0.717, 1.165) is 16.8 Å². The molecule has 1 aliphatic rings. The lowest BCUT2D eigenvalue weighted by molar-refractivity contribution is 0.379. The van der Waals surface area contributed by atoms with Gasteiger partial charge in [-0.05, 0) is 49.6 Å². The predicted molar refractivity (Wildman–Crippen MR) is 77.9 cm³/mol. The zero-order valence-electron chi connectivity index (χ0n) is 10.3. The van der Waals surface area contributed by atoms with Gasteiger partial charge in [-0.15, -0.1) is 0 Å². The summed E-state index contributed by atoms with van der Waals surface area (Å²) >= 11 is 7.89. The molecule has 0 unspecified atom stereocenters. The van der Waals surface area contributed by atoms with Crippen molar-refractivity contribution >= 4 is 23.4 Å². The van der Waals surface area contributed by atoms with Gasteiger partial charge in [0.1, 0.15) is 0 Å². The van der Waals surface area contributed by atoms with E-state index in [1.54, 1.807) is 0 Å². The van der Waals surface area contributed by atoms with Crippen molar-refractivity contribution in [3.8, 4) is 0 Å². The molecule has 3 heteroatoms. The Bertz CT molecular complexity index is 331. The van der Waals surface area contributed by atoms with E-state index in [1.807, 2.05) is 23.9 Å². The summed E-state index contributed by atoms with van der Waals surface area (Å²) in [6.45, 7) is 0.964. The van der Waals surface area contributed by atoms with E-state index >= 15 is 0 Å². The molecule has 94 valence electrons. The third-order valence-electron chi connectivity index (χ3n) is 3.52. The van der Waals surface area contributed by atoms with Gasteiger partial charge in [0.25, 0.3) is 0 Å². The Morgan fingerprint density at radius 1 is 1.18 bits per heavy atom. The van der Waals surface area contributed by atoms with Crippen LogP contribution in [0.1, 0.15) is 31.2 Å². The van der Waals surface area contributed by atoms with Crippen molar-refractivity contribution in [1.29, 1.82) is 0 Å². The number of rotatable bonds is 4. The molecular formula is C14H20ClNS. The molecule has 1 nitrogen and oxygen atoms in total. The predicted octanol–water partition coefficient (Wildman–Crippen LogP) is 4.10. The highest BCUT2D eigenvalue weighted by atomic mass is 35.5. The summed E-state index contributed by atoms with van der Waals surface area (Å²) in [5.74, 6) is 0. The van der Waals surface area contributed by atoms with Gasteiger partial charge in [0.05, 0.1) is 0 Å². The molecule has 0 aliphatic heterocycles. The minimum atomic E-state index is 0.703. The summed E-state index contributed by atoms with van der Waals surface area (Å²) in [6.07, 6.45) is 7.59. The summed E-state index contributed by atoms with van der Waals surface area (Å²) in [4.78, 5) is 0. The molecule has 1 saturated carbocycles. The lowest BCUT2D eigenvalue weighted by Crippen LogP contribution is -2.33. The first-order chi connectivity index (χ1) is 8.28. The van der Waals surface area contributed by atoms with Crippen LogP contribution >= 0.6 is 23.4 Å². The van der Waals surface area contributed by atoms with Crippen molar-refractivity contribution < 1.29 is 0 Å². The van der Waals surface area contributed by atoms with Crippen LogP contribution in [0.2, 0.25) is 5.02 Å². The van der Waals surface area contributed by atoms with E-state index in [4.69, 9.17) is 11.6 Å². The van der Waals surface area contributed by atoms with Gasteiger partial charge >= 0.3 is 0 Å². The molecule has 0 aromatic heterocycles. The summed E-state index contributed by atoms with van der Waals surface area (Å²) in [5.41, 5.74) is 1.32. The van der Waals surface area contributed by atoms with Crippen molar-refractivity contribution in [2.75, 3.05) is 6.26 Å². The smallest absolute Gasteiger partial charge is 0.0406 e. The minimum Gasteiger partial charge on any atom is -0.310 e. The third-order valence-corrected chi connectivity index (χ3v) is 4.91. The van der Waals surface area contributed by atoms with Crippen molar-refractivity contribution in [2.45, 2.75) is 43.5 Å². The van der Waals surface area contributed by atoms with E-state index < -0.39 is 0 Å². The van der Waals surface area contributed by atoms with Gasteiger partial charge in [-0.2, -0.15) is 11.8 Å². The van der Waals surface area contributed by atoms with Crippen LogP contribution < -0.4 is 5.32 Å². The fraction of sp³-hybridized carbons (Fsp3) is 0.571. The van der Waals surface area contributed by atoms with E-state index in [9.17, 15) is 0 Å². The Balaban J connectivity index is 1.74. The third kappa shape index (κ3) is 4.20. The summed E-state index contributed by atoms with van der Waals surface area (Å²) in [5, 5.41) is 5.36. The maximum atomic E-state index is 5.87. The van der Waals surface area contributed by atoms with E-state index in [0.29, 0.717) is 6.04 Å². The maximum Gasteiger partial charge on any atom is 0.0406 e. The zero-order chi connectivity index (χ0) is 12.1. The number of hydrogen-bond acceptors (Lipinski definition) is 2. The van der Waals surface area contributed by atoms with Gasteiger partial charge in [-0.1, -0.05) is 23.7 Å². The molecule has 1 N–H and O–H groups in total. The molecule has 0 radical (unpaired) electrons. The van der Waals surface area contributed by atoms with E-state index in [1.165, 1.54) is 31.2 Å². The number of nitrogens with one attached hydrogen (secondary N) is 1. The first-order valence-electron chi connectivity index (χ1n) is 6.28. The Labute approximate surface area is 113 Å². The SMILES string of the molecule is CSC1CCC(NCc2ccc(Cl)cc2)CC1. The zero-order valence-corrected chi connectivity index (χ0v) is 11.9. The van der Waals surface area contributed by atoms with Gasteiger partial charge in [0, 0.05) is 22.9 Å². The Hall–Kier alpha value is -0.180. The Morgan fingerprint density at radius 3 is 2.41 bits per heavy atom. The van der Waals surface area contributed by atoms with Crippen LogP contribution in [-0.2, 0) is 6.54 Å². The number of halogens is 1. The first kappa shape index (κ1) is 13.3. The van der Waals surface area contributed by atoms with Crippen LogP contribution in [0.3, 0.4) is 0 Å². The number of hydrogen-bond donors (Lipinski definition) is 1. The quantitative estimate of drug-likeness (QED) is 0.883. The van der Waals surface area contributed by atoms with Crippen molar-refractivity contribution in [2.24, 2.45) is 0 Å². The molecule has 0 bridgehead atoms. The fourth-order valence-corrected chi connectivity index (χ4v) is 3.24. The largest absolute Gasteiger partial charge is 0.310 e. The second-order valence-electron chi connectivity index (χ2n) is 4.72. The highest BCUT2D eigenvalue weighted by Gasteiger charge is 2.19. The van der Waals surface area contributed by atoms with Gasteiger partial charge in [0.15, 0.2) is 0 Å². The fourth-order valence-electron chi connectivity index (χ4n) is 2.37. The first-order valence-corrected chi connectivity index (χ1v) is 7.95. The summed E-state index contributed by atoms with van der Waals surface area (Å²) in [6, 6.07) is 8.83. The minimum absolute atomic E-state index is 0.703. The monoisotopic (exact) mass is 269 g/mol. The van der Waals surface area contributed by atoms with Gasteiger partial charge in [0.2, 0.25) is 0 Å². The van der Waals surface area contributed by atoms with Gasteiger partial charge < -0.3 is 5.32 Å². The van der Waals surface area contributed by atoms with Crippen molar-refractivity contribution in [1.82, 2.24) is 5.32 Å².